The number of ether oxygens (including phenoxy) is 1. The summed E-state index contributed by atoms with van der Waals surface area (Å²) in [4.78, 5) is 11.3. The molecule has 2 aromatic carbocycles. The zero-order valence-corrected chi connectivity index (χ0v) is 14.5. The second kappa shape index (κ2) is 8.11. The maximum absolute atomic E-state index is 11.5. The van der Waals surface area contributed by atoms with Crippen LogP contribution in [-0.2, 0) is 16.1 Å². The minimum Gasteiger partial charge on any atom is -0.755 e. The van der Waals surface area contributed by atoms with Gasteiger partial charge in [-0.3, -0.25) is 8.51 Å². The summed E-state index contributed by atoms with van der Waals surface area (Å²) < 4.78 is 28.8. The normalized spacial score (nSPS) is 14.4. The van der Waals surface area contributed by atoms with Crippen molar-refractivity contribution in [1.29, 1.82) is 0 Å². The first-order chi connectivity index (χ1) is 11.8. The van der Waals surface area contributed by atoms with E-state index in [4.69, 9.17) is 4.74 Å². The average Bonchev–Trinajstić information content (AvgIpc) is 2.59. The number of aliphatic hydroxyl groups excluding tert-OH is 1. The molecule has 3 atom stereocenters. The first-order valence-electron chi connectivity index (χ1n) is 7.39. The highest BCUT2D eigenvalue weighted by atomic mass is 32.2. The highest BCUT2D eigenvalue weighted by molar-refractivity contribution is 7.80. The van der Waals surface area contributed by atoms with Gasteiger partial charge in [0.25, 0.3) is 0 Å². The molecule has 2 N–H and O–H groups in total. The SMILES string of the molecule is COc1ccc(-c2ccc(N(C(C(=O)O)C(C)O)S(=O)[O-])cc2)cc1. The van der Waals surface area contributed by atoms with Crippen LogP contribution in [0.3, 0.4) is 0 Å². The van der Waals surface area contributed by atoms with Gasteiger partial charge in [0.05, 0.1) is 13.2 Å². The van der Waals surface area contributed by atoms with Crippen molar-refractivity contribution >= 4 is 22.9 Å². The summed E-state index contributed by atoms with van der Waals surface area (Å²) in [5.74, 6) is -0.715. The van der Waals surface area contributed by atoms with Gasteiger partial charge in [0.2, 0.25) is 0 Å². The van der Waals surface area contributed by atoms with Crippen LogP contribution in [-0.4, -0.2) is 44.2 Å². The fourth-order valence-electron chi connectivity index (χ4n) is 2.43. The molecule has 0 aromatic heterocycles. The van der Waals surface area contributed by atoms with E-state index in [2.05, 4.69) is 0 Å². The highest BCUT2D eigenvalue weighted by Crippen LogP contribution is 2.27. The fourth-order valence-corrected chi connectivity index (χ4v) is 3.17. The molecular formula is C17H18NO6S-. The Kier molecular flexibility index (Phi) is 6.13. The lowest BCUT2D eigenvalue weighted by Crippen LogP contribution is -2.49. The van der Waals surface area contributed by atoms with Gasteiger partial charge in [-0.05, 0) is 42.3 Å². The topological polar surface area (TPSA) is 110 Å². The van der Waals surface area contributed by atoms with Crippen LogP contribution in [0.25, 0.3) is 11.1 Å². The van der Waals surface area contributed by atoms with Gasteiger partial charge in [0.1, 0.15) is 5.75 Å². The minimum absolute atomic E-state index is 0.152. The number of hydrogen-bond donors (Lipinski definition) is 2. The average molecular weight is 364 g/mol. The number of hydrogen-bond acceptors (Lipinski definition) is 5. The Labute approximate surface area is 147 Å². The molecule has 8 heteroatoms. The molecule has 25 heavy (non-hydrogen) atoms. The first kappa shape index (κ1) is 18.9. The number of aliphatic carboxylic acids is 1. The molecule has 3 unspecified atom stereocenters. The van der Waals surface area contributed by atoms with E-state index >= 15 is 0 Å². The second-order valence-corrected chi connectivity index (χ2v) is 6.17. The van der Waals surface area contributed by atoms with E-state index in [0.717, 1.165) is 16.9 Å². The lowest BCUT2D eigenvalue weighted by Gasteiger charge is -2.33. The Morgan fingerprint density at radius 3 is 1.96 bits per heavy atom. The van der Waals surface area contributed by atoms with Gasteiger partial charge >= 0.3 is 5.97 Å². The van der Waals surface area contributed by atoms with Crippen molar-refractivity contribution in [1.82, 2.24) is 0 Å². The number of benzene rings is 2. The summed E-state index contributed by atoms with van der Waals surface area (Å²) in [5, 5.41) is 18.9. The molecular weight excluding hydrogens is 346 g/mol. The van der Waals surface area contributed by atoms with E-state index in [1.54, 1.807) is 31.4 Å². The Bertz CT molecular complexity index is 745. The quantitative estimate of drug-likeness (QED) is 0.725. The summed E-state index contributed by atoms with van der Waals surface area (Å²) in [5.41, 5.74) is 1.87. The van der Waals surface area contributed by atoms with Crippen molar-refractivity contribution < 1.29 is 28.5 Å². The molecule has 0 aliphatic rings. The third-order valence-corrected chi connectivity index (χ3v) is 4.43. The summed E-state index contributed by atoms with van der Waals surface area (Å²) in [6, 6.07) is 12.1. The maximum Gasteiger partial charge on any atom is 0.330 e. The van der Waals surface area contributed by atoms with Crippen LogP contribution in [0.5, 0.6) is 5.75 Å². The molecule has 0 aliphatic carbocycles. The van der Waals surface area contributed by atoms with E-state index in [-0.39, 0.29) is 5.69 Å². The van der Waals surface area contributed by atoms with Crippen LogP contribution in [0.2, 0.25) is 0 Å². The number of carboxylic acid groups (broad SMARTS) is 1. The zero-order valence-electron chi connectivity index (χ0n) is 13.7. The standard InChI is InChI=1S/C17H19NO6S/c1-11(19)16(17(20)21)18(25(22)23)14-7-3-12(4-8-14)13-5-9-15(24-2)10-6-13/h3-11,16,19H,1-2H3,(H,20,21)(H,22,23)/p-1. The third-order valence-electron chi connectivity index (χ3n) is 3.67. The van der Waals surface area contributed by atoms with E-state index in [0.29, 0.717) is 4.31 Å². The number of methoxy groups -OCH3 is 1. The molecule has 0 bridgehead atoms. The summed E-state index contributed by atoms with van der Waals surface area (Å²) >= 11 is -2.86. The lowest BCUT2D eigenvalue weighted by molar-refractivity contribution is -0.140. The number of carbonyl (C=O) groups is 1. The molecule has 0 radical (unpaired) electrons. The highest BCUT2D eigenvalue weighted by Gasteiger charge is 2.31. The lowest BCUT2D eigenvalue weighted by atomic mass is 10.0. The second-order valence-electron chi connectivity index (χ2n) is 5.34. The van der Waals surface area contributed by atoms with Gasteiger partial charge in [-0.15, -0.1) is 0 Å². The number of aliphatic hydroxyl groups is 1. The van der Waals surface area contributed by atoms with Crippen LogP contribution in [0.4, 0.5) is 5.69 Å². The molecule has 7 nitrogen and oxygen atoms in total. The summed E-state index contributed by atoms with van der Waals surface area (Å²) in [6.07, 6.45) is -1.38. The van der Waals surface area contributed by atoms with Crippen LogP contribution in [0.15, 0.2) is 48.5 Å². The van der Waals surface area contributed by atoms with Crippen molar-refractivity contribution in [2.24, 2.45) is 0 Å². The summed E-state index contributed by atoms with van der Waals surface area (Å²) in [7, 11) is 1.57. The predicted molar refractivity (Wildman–Crippen MR) is 92.9 cm³/mol. The Morgan fingerprint density at radius 2 is 1.60 bits per heavy atom. The van der Waals surface area contributed by atoms with Gasteiger partial charge in [-0.25, -0.2) is 4.79 Å². The van der Waals surface area contributed by atoms with Crippen LogP contribution in [0.1, 0.15) is 6.92 Å². The molecule has 2 aromatic rings. The molecule has 2 rings (SSSR count). The maximum atomic E-state index is 11.5. The van der Waals surface area contributed by atoms with Crippen LogP contribution in [0, 0.1) is 0 Å². The fraction of sp³-hybridized carbons (Fsp3) is 0.235. The van der Waals surface area contributed by atoms with Crippen molar-refractivity contribution in [2.45, 2.75) is 19.1 Å². The number of carboxylic acids is 1. The Morgan fingerprint density at radius 1 is 1.12 bits per heavy atom. The number of nitrogens with zero attached hydrogens (tertiary/aromatic N) is 1. The van der Waals surface area contributed by atoms with Gasteiger partial charge in [-0.2, -0.15) is 0 Å². The molecule has 134 valence electrons. The third kappa shape index (κ3) is 4.36. The van der Waals surface area contributed by atoms with E-state index in [9.17, 15) is 23.8 Å². The van der Waals surface area contributed by atoms with Gasteiger partial charge in [0, 0.05) is 17.0 Å². The molecule has 0 heterocycles. The molecule has 0 spiro atoms. The van der Waals surface area contributed by atoms with Crippen molar-refractivity contribution in [3.05, 3.63) is 48.5 Å². The van der Waals surface area contributed by atoms with Crippen molar-refractivity contribution in [3.63, 3.8) is 0 Å². The van der Waals surface area contributed by atoms with Crippen molar-refractivity contribution in [3.8, 4) is 16.9 Å². The van der Waals surface area contributed by atoms with Crippen molar-refractivity contribution in [2.75, 3.05) is 11.4 Å². The van der Waals surface area contributed by atoms with E-state index in [1.807, 2.05) is 12.1 Å². The first-order valence-corrected chi connectivity index (χ1v) is 8.42. The minimum atomic E-state index is -2.86. The van der Waals surface area contributed by atoms with Crippen LogP contribution < -0.4 is 9.04 Å². The predicted octanol–water partition coefficient (Wildman–Crippen LogP) is 1.80. The number of anilines is 1. The van der Waals surface area contributed by atoms with E-state index in [1.165, 1.54) is 19.1 Å². The molecule has 0 saturated carbocycles. The Balaban J connectivity index is 2.34. The zero-order chi connectivity index (χ0) is 18.6. The van der Waals surface area contributed by atoms with E-state index < -0.39 is 29.4 Å². The van der Waals surface area contributed by atoms with Gasteiger partial charge in [-0.1, -0.05) is 24.3 Å². The monoisotopic (exact) mass is 364 g/mol. The molecule has 0 saturated heterocycles. The summed E-state index contributed by atoms with van der Waals surface area (Å²) in [6.45, 7) is 1.23. The molecule has 0 fully saturated rings. The largest absolute Gasteiger partial charge is 0.755 e. The smallest absolute Gasteiger partial charge is 0.330 e. The Hall–Kier alpha value is -2.42. The molecule has 0 aliphatic heterocycles. The van der Waals surface area contributed by atoms with Gasteiger partial charge < -0.3 is 19.5 Å². The number of rotatable bonds is 7. The van der Waals surface area contributed by atoms with Gasteiger partial charge in [0.15, 0.2) is 6.04 Å². The van der Waals surface area contributed by atoms with Crippen LogP contribution >= 0.6 is 0 Å². The molecule has 0 amide bonds.